The molecule has 1 amide bonds. The number of hydrogen-bond acceptors (Lipinski definition) is 3. The Hall–Kier alpha value is -2.62. The van der Waals surface area contributed by atoms with Gasteiger partial charge in [0.25, 0.3) is 0 Å². The average molecular weight is 339 g/mol. The van der Waals surface area contributed by atoms with Gasteiger partial charge in [-0.05, 0) is 11.1 Å². The molecule has 1 N–H and O–H groups in total. The molecule has 0 aliphatic carbocycles. The zero-order valence-electron chi connectivity index (χ0n) is 15.0. The Morgan fingerprint density at radius 3 is 1.96 bits per heavy atom. The van der Waals surface area contributed by atoms with Crippen LogP contribution in [0.5, 0.6) is 0 Å². The maximum Gasteiger partial charge on any atom is 0.329 e. The van der Waals surface area contributed by atoms with E-state index >= 15 is 0 Å². The van der Waals surface area contributed by atoms with Gasteiger partial charge in [0.15, 0.2) is 0 Å². The van der Waals surface area contributed by atoms with Gasteiger partial charge >= 0.3 is 5.97 Å². The highest BCUT2D eigenvalue weighted by Gasteiger charge is 2.28. The van der Waals surface area contributed by atoms with E-state index in [-0.39, 0.29) is 12.5 Å². The van der Waals surface area contributed by atoms with Crippen LogP contribution < -0.4 is 5.32 Å². The highest BCUT2D eigenvalue weighted by atomic mass is 16.5. The first-order valence-electron chi connectivity index (χ1n) is 8.42. The molecule has 25 heavy (non-hydrogen) atoms. The zero-order chi connectivity index (χ0) is 18.3. The predicted octanol–water partition coefficient (Wildman–Crippen LogP) is 3.50. The summed E-state index contributed by atoms with van der Waals surface area (Å²) in [5.41, 5.74) is 1.31. The van der Waals surface area contributed by atoms with Crippen molar-refractivity contribution in [3.8, 4) is 0 Å². The van der Waals surface area contributed by atoms with E-state index in [0.29, 0.717) is 6.42 Å². The van der Waals surface area contributed by atoms with Crippen LogP contribution in [0.4, 0.5) is 0 Å². The van der Waals surface area contributed by atoms with Crippen LogP contribution in [0, 0.1) is 5.41 Å². The molecule has 4 heteroatoms. The third kappa shape index (κ3) is 6.07. The van der Waals surface area contributed by atoms with Crippen LogP contribution in [-0.2, 0) is 27.4 Å². The second kappa shape index (κ2) is 8.47. The molecule has 0 saturated carbocycles. The van der Waals surface area contributed by atoms with Gasteiger partial charge in [0, 0.05) is 11.8 Å². The second-order valence-electron chi connectivity index (χ2n) is 7.06. The fraction of sp³-hybridized carbons (Fsp3) is 0.333. The molecule has 0 aromatic heterocycles. The largest absolute Gasteiger partial charge is 0.459 e. The van der Waals surface area contributed by atoms with Crippen LogP contribution in [-0.4, -0.2) is 17.9 Å². The van der Waals surface area contributed by atoms with Crippen molar-refractivity contribution in [2.45, 2.75) is 39.8 Å². The van der Waals surface area contributed by atoms with Gasteiger partial charge in [0.05, 0.1) is 0 Å². The van der Waals surface area contributed by atoms with Gasteiger partial charge in [-0.15, -0.1) is 0 Å². The molecule has 1 unspecified atom stereocenters. The lowest BCUT2D eigenvalue weighted by Crippen LogP contribution is -2.47. The van der Waals surface area contributed by atoms with Crippen LogP contribution in [0.1, 0.15) is 31.9 Å². The van der Waals surface area contributed by atoms with Crippen molar-refractivity contribution in [3.05, 3.63) is 71.8 Å². The molecule has 2 aromatic carbocycles. The Morgan fingerprint density at radius 2 is 1.44 bits per heavy atom. The Morgan fingerprint density at radius 1 is 0.920 bits per heavy atom. The zero-order valence-corrected chi connectivity index (χ0v) is 15.0. The Balaban J connectivity index is 2.06. The van der Waals surface area contributed by atoms with E-state index in [0.717, 1.165) is 11.1 Å². The molecule has 0 fully saturated rings. The molecule has 0 saturated heterocycles. The lowest BCUT2D eigenvalue weighted by Gasteiger charge is -2.23. The van der Waals surface area contributed by atoms with Crippen molar-refractivity contribution in [2.24, 2.45) is 5.41 Å². The fourth-order valence-corrected chi connectivity index (χ4v) is 2.25. The van der Waals surface area contributed by atoms with Crippen molar-refractivity contribution in [2.75, 3.05) is 0 Å². The highest BCUT2D eigenvalue weighted by molar-refractivity contribution is 5.87. The summed E-state index contributed by atoms with van der Waals surface area (Å²) < 4.78 is 5.42. The van der Waals surface area contributed by atoms with Crippen LogP contribution in [0.2, 0.25) is 0 Å². The quantitative estimate of drug-likeness (QED) is 0.820. The van der Waals surface area contributed by atoms with E-state index < -0.39 is 17.4 Å². The summed E-state index contributed by atoms with van der Waals surface area (Å²) >= 11 is 0. The standard InChI is InChI=1S/C21H25NO3/c1-21(2,3)20(24)22-18(14-16-10-6-4-7-11-16)19(23)25-15-17-12-8-5-9-13-17/h4-13,18H,14-15H2,1-3H3,(H,22,24). The van der Waals surface area contributed by atoms with Crippen LogP contribution in [0.25, 0.3) is 0 Å². The SMILES string of the molecule is CC(C)(C)C(=O)NC(Cc1ccccc1)C(=O)OCc1ccccc1. The number of hydrogen-bond donors (Lipinski definition) is 1. The molecule has 132 valence electrons. The van der Waals surface area contributed by atoms with Crippen LogP contribution >= 0.6 is 0 Å². The molecule has 0 radical (unpaired) electrons. The lowest BCUT2D eigenvalue weighted by atomic mass is 9.94. The summed E-state index contributed by atoms with van der Waals surface area (Å²) in [6.07, 6.45) is 0.399. The number of esters is 1. The van der Waals surface area contributed by atoms with E-state index in [1.165, 1.54) is 0 Å². The van der Waals surface area contributed by atoms with Crippen molar-refractivity contribution in [1.82, 2.24) is 5.32 Å². The molecule has 2 aromatic rings. The molecular formula is C21H25NO3. The number of rotatable bonds is 6. The van der Waals surface area contributed by atoms with Crippen LogP contribution in [0.3, 0.4) is 0 Å². The van der Waals surface area contributed by atoms with E-state index in [9.17, 15) is 9.59 Å². The minimum absolute atomic E-state index is 0.176. The highest BCUT2D eigenvalue weighted by Crippen LogP contribution is 2.14. The van der Waals surface area contributed by atoms with Gasteiger partial charge in [-0.2, -0.15) is 0 Å². The van der Waals surface area contributed by atoms with Crippen LogP contribution in [0.15, 0.2) is 60.7 Å². The van der Waals surface area contributed by atoms with Crippen molar-refractivity contribution >= 4 is 11.9 Å². The van der Waals surface area contributed by atoms with Gasteiger partial charge < -0.3 is 10.1 Å². The van der Waals surface area contributed by atoms with Crippen molar-refractivity contribution in [1.29, 1.82) is 0 Å². The molecule has 4 nitrogen and oxygen atoms in total. The number of carbonyl (C=O) groups excluding carboxylic acids is 2. The molecular weight excluding hydrogens is 314 g/mol. The van der Waals surface area contributed by atoms with E-state index in [1.54, 1.807) is 0 Å². The lowest BCUT2D eigenvalue weighted by molar-refractivity contribution is -0.150. The summed E-state index contributed by atoms with van der Waals surface area (Å²) in [5.74, 6) is -0.601. The molecule has 0 aliphatic heterocycles. The number of ether oxygens (including phenoxy) is 1. The number of amides is 1. The smallest absolute Gasteiger partial charge is 0.329 e. The van der Waals surface area contributed by atoms with Gasteiger partial charge in [-0.1, -0.05) is 81.4 Å². The summed E-state index contributed by atoms with van der Waals surface area (Å²) in [6, 6.07) is 18.4. The number of nitrogens with one attached hydrogen (secondary N) is 1. The molecule has 0 spiro atoms. The van der Waals surface area contributed by atoms with E-state index in [4.69, 9.17) is 4.74 Å². The first-order valence-corrected chi connectivity index (χ1v) is 8.42. The van der Waals surface area contributed by atoms with Gasteiger partial charge in [0.1, 0.15) is 12.6 Å². The minimum Gasteiger partial charge on any atom is -0.459 e. The van der Waals surface area contributed by atoms with Crippen molar-refractivity contribution in [3.63, 3.8) is 0 Å². The fourth-order valence-electron chi connectivity index (χ4n) is 2.25. The molecule has 1 atom stereocenters. The first kappa shape index (κ1) is 18.7. The van der Waals surface area contributed by atoms with Crippen molar-refractivity contribution < 1.29 is 14.3 Å². The van der Waals surface area contributed by atoms with Gasteiger partial charge in [-0.25, -0.2) is 4.79 Å². The normalized spacial score (nSPS) is 12.3. The number of benzene rings is 2. The van der Waals surface area contributed by atoms with Gasteiger partial charge in [0.2, 0.25) is 5.91 Å². The molecule has 0 aliphatic rings. The predicted molar refractivity (Wildman–Crippen MR) is 97.8 cm³/mol. The third-order valence-electron chi connectivity index (χ3n) is 3.78. The third-order valence-corrected chi connectivity index (χ3v) is 3.78. The Labute approximate surface area is 149 Å². The number of carbonyl (C=O) groups is 2. The Kier molecular flexibility index (Phi) is 6.34. The molecule has 2 rings (SSSR count). The minimum atomic E-state index is -0.710. The summed E-state index contributed by atoms with van der Waals surface area (Å²) in [7, 11) is 0. The summed E-state index contributed by atoms with van der Waals surface area (Å²) in [6.45, 7) is 5.64. The first-order chi connectivity index (χ1) is 11.9. The maximum absolute atomic E-state index is 12.5. The van der Waals surface area contributed by atoms with E-state index in [1.807, 2.05) is 81.4 Å². The maximum atomic E-state index is 12.5. The Bertz CT molecular complexity index is 690. The topological polar surface area (TPSA) is 55.4 Å². The monoisotopic (exact) mass is 339 g/mol. The molecule has 0 heterocycles. The summed E-state index contributed by atoms with van der Waals surface area (Å²) in [4.78, 5) is 24.9. The molecule has 0 bridgehead atoms. The van der Waals surface area contributed by atoms with Gasteiger partial charge in [-0.3, -0.25) is 4.79 Å². The second-order valence-corrected chi connectivity index (χ2v) is 7.06. The summed E-state index contributed by atoms with van der Waals surface area (Å²) in [5, 5.41) is 2.83. The average Bonchev–Trinajstić information content (AvgIpc) is 2.60. The van der Waals surface area contributed by atoms with E-state index in [2.05, 4.69) is 5.32 Å².